The van der Waals surface area contributed by atoms with Crippen molar-refractivity contribution in [2.75, 3.05) is 10.6 Å². The standard InChI is InChI=1S/C21H15N3O2S/c25-19(14-7-3-1-4-8-14)22-16-11-12-17-18(13-16)27-21(23-17)24-20(26)15-9-5-2-6-10-15/h1-13H,(H,22,25)(H,23,24,26). The van der Waals surface area contributed by atoms with E-state index in [-0.39, 0.29) is 11.8 Å². The summed E-state index contributed by atoms with van der Waals surface area (Å²) in [5, 5.41) is 6.21. The Morgan fingerprint density at radius 2 is 1.33 bits per heavy atom. The minimum Gasteiger partial charge on any atom is -0.322 e. The third-order valence-corrected chi connectivity index (χ3v) is 4.87. The van der Waals surface area contributed by atoms with Crippen LogP contribution in [0.2, 0.25) is 0 Å². The summed E-state index contributed by atoms with van der Waals surface area (Å²) in [6, 6.07) is 23.5. The van der Waals surface area contributed by atoms with Crippen LogP contribution in [-0.2, 0) is 0 Å². The normalized spacial score (nSPS) is 10.5. The van der Waals surface area contributed by atoms with E-state index in [4.69, 9.17) is 0 Å². The predicted octanol–water partition coefficient (Wildman–Crippen LogP) is 4.80. The number of carbonyl (C=O) groups is 2. The average Bonchev–Trinajstić information content (AvgIpc) is 3.10. The molecule has 6 heteroatoms. The van der Waals surface area contributed by atoms with E-state index in [1.54, 1.807) is 30.3 Å². The summed E-state index contributed by atoms with van der Waals surface area (Å²) in [5.41, 5.74) is 2.62. The Kier molecular flexibility index (Phi) is 4.63. The molecular weight excluding hydrogens is 358 g/mol. The fourth-order valence-corrected chi connectivity index (χ4v) is 3.51. The highest BCUT2D eigenvalue weighted by atomic mass is 32.1. The number of amides is 2. The van der Waals surface area contributed by atoms with Gasteiger partial charge in [-0.3, -0.25) is 14.9 Å². The largest absolute Gasteiger partial charge is 0.322 e. The molecule has 0 aliphatic heterocycles. The van der Waals surface area contributed by atoms with Gasteiger partial charge in [0.15, 0.2) is 5.13 Å². The van der Waals surface area contributed by atoms with Crippen LogP contribution in [0.15, 0.2) is 78.9 Å². The van der Waals surface area contributed by atoms with Gasteiger partial charge in [-0.1, -0.05) is 47.7 Å². The van der Waals surface area contributed by atoms with Crippen LogP contribution in [0.4, 0.5) is 10.8 Å². The van der Waals surface area contributed by atoms with Crippen molar-refractivity contribution >= 4 is 44.2 Å². The molecule has 0 spiro atoms. The third kappa shape index (κ3) is 3.86. The van der Waals surface area contributed by atoms with Crippen molar-refractivity contribution in [1.29, 1.82) is 0 Å². The lowest BCUT2D eigenvalue weighted by Gasteiger charge is -2.04. The molecule has 0 aliphatic carbocycles. The number of benzene rings is 3. The van der Waals surface area contributed by atoms with Crippen LogP contribution >= 0.6 is 11.3 Å². The monoisotopic (exact) mass is 373 g/mol. The summed E-state index contributed by atoms with van der Waals surface area (Å²) in [5.74, 6) is -0.371. The Morgan fingerprint density at radius 1 is 0.741 bits per heavy atom. The lowest BCUT2D eigenvalue weighted by atomic mass is 10.2. The van der Waals surface area contributed by atoms with Gasteiger partial charge >= 0.3 is 0 Å². The number of anilines is 2. The van der Waals surface area contributed by atoms with E-state index in [1.165, 1.54) is 11.3 Å². The molecule has 1 heterocycles. The van der Waals surface area contributed by atoms with Crippen molar-refractivity contribution in [3.8, 4) is 0 Å². The van der Waals surface area contributed by atoms with Gasteiger partial charge in [0, 0.05) is 16.8 Å². The van der Waals surface area contributed by atoms with E-state index in [1.807, 2.05) is 48.5 Å². The number of fused-ring (bicyclic) bond motifs is 1. The van der Waals surface area contributed by atoms with Crippen LogP contribution in [0.3, 0.4) is 0 Å². The third-order valence-electron chi connectivity index (χ3n) is 3.94. The summed E-state index contributed by atoms with van der Waals surface area (Å²) in [4.78, 5) is 29.0. The Bertz CT molecular complexity index is 1060. The molecule has 3 aromatic carbocycles. The first-order valence-electron chi connectivity index (χ1n) is 8.32. The highest BCUT2D eigenvalue weighted by molar-refractivity contribution is 7.22. The molecule has 0 bridgehead atoms. The van der Waals surface area contributed by atoms with E-state index >= 15 is 0 Å². The zero-order valence-corrected chi connectivity index (χ0v) is 15.0. The predicted molar refractivity (Wildman–Crippen MR) is 108 cm³/mol. The first kappa shape index (κ1) is 16.9. The summed E-state index contributed by atoms with van der Waals surface area (Å²) in [7, 11) is 0. The summed E-state index contributed by atoms with van der Waals surface area (Å²) in [6.45, 7) is 0. The fraction of sp³-hybridized carbons (Fsp3) is 0. The Hall–Kier alpha value is -3.51. The topological polar surface area (TPSA) is 71.1 Å². The number of hydrogen-bond donors (Lipinski definition) is 2. The molecule has 0 aliphatic rings. The molecule has 0 fully saturated rings. The Balaban J connectivity index is 1.52. The highest BCUT2D eigenvalue weighted by Crippen LogP contribution is 2.29. The molecule has 1 aromatic heterocycles. The number of rotatable bonds is 4. The second-order valence-corrected chi connectivity index (χ2v) is 6.87. The summed E-state index contributed by atoms with van der Waals surface area (Å²) >= 11 is 1.36. The van der Waals surface area contributed by atoms with Gasteiger partial charge < -0.3 is 5.32 Å². The lowest BCUT2D eigenvalue weighted by molar-refractivity contribution is 0.101. The van der Waals surface area contributed by atoms with Gasteiger partial charge in [0.2, 0.25) is 0 Å². The van der Waals surface area contributed by atoms with Crippen molar-refractivity contribution in [3.05, 3.63) is 90.0 Å². The molecule has 2 amide bonds. The van der Waals surface area contributed by atoms with Crippen molar-refractivity contribution < 1.29 is 9.59 Å². The average molecular weight is 373 g/mol. The van der Waals surface area contributed by atoms with Gasteiger partial charge in [-0.05, 0) is 42.5 Å². The number of carbonyl (C=O) groups excluding carboxylic acids is 2. The van der Waals surface area contributed by atoms with Gasteiger partial charge in [0.05, 0.1) is 10.2 Å². The van der Waals surface area contributed by atoms with Crippen molar-refractivity contribution in [3.63, 3.8) is 0 Å². The van der Waals surface area contributed by atoms with E-state index in [0.717, 1.165) is 10.2 Å². The number of nitrogens with zero attached hydrogens (tertiary/aromatic N) is 1. The maximum absolute atomic E-state index is 12.3. The van der Waals surface area contributed by atoms with E-state index < -0.39 is 0 Å². The first-order chi connectivity index (χ1) is 13.2. The molecule has 0 unspecified atom stereocenters. The second-order valence-electron chi connectivity index (χ2n) is 5.84. The molecule has 4 rings (SSSR count). The van der Waals surface area contributed by atoms with E-state index in [0.29, 0.717) is 21.9 Å². The van der Waals surface area contributed by atoms with Crippen LogP contribution < -0.4 is 10.6 Å². The minimum atomic E-state index is -0.202. The molecule has 132 valence electrons. The number of aromatic nitrogens is 1. The van der Waals surface area contributed by atoms with Crippen LogP contribution in [0.5, 0.6) is 0 Å². The van der Waals surface area contributed by atoms with Crippen molar-refractivity contribution in [2.45, 2.75) is 0 Å². The van der Waals surface area contributed by atoms with Gasteiger partial charge in [-0.2, -0.15) is 0 Å². The maximum Gasteiger partial charge on any atom is 0.257 e. The molecular formula is C21H15N3O2S. The fourth-order valence-electron chi connectivity index (χ4n) is 2.61. The van der Waals surface area contributed by atoms with Gasteiger partial charge in [0.1, 0.15) is 0 Å². The Morgan fingerprint density at radius 3 is 1.96 bits per heavy atom. The van der Waals surface area contributed by atoms with Gasteiger partial charge in [-0.25, -0.2) is 4.98 Å². The molecule has 2 N–H and O–H groups in total. The molecule has 5 nitrogen and oxygen atoms in total. The van der Waals surface area contributed by atoms with Gasteiger partial charge in [-0.15, -0.1) is 0 Å². The van der Waals surface area contributed by atoms with E-state index in [2.05, 4.69) is 15.6 Å². The smallest absolute Gasteiger partial charge is 0.257 e. The quantitative estimate of drug-likeness (QED) is 0.540. The second kappa shape index (κ2) is 7.39. The number of thiazole rings is 1. The minimum absolute atomic E-state index is 0.169. The lowest BCUT2D eigenvalue weighted by Crippen LogP contribution is -2.11. The number of hydrogen-bond acceptors (Lipinski definition) is 4. The van der Waals surface area contributed by atoms with Gasteiger partial charge in [0.25, 0.3) is 11.8 Å². The number of nitrogens with one attached hydrogen (secondary N) is 2. The maximum atomic E-state index is 12.3. The molecule has 0 saturated heterocycles. The van der Waals surface area contributed by atoms with Crippen LogP contribution in [-0.4, -0.2) is 16.8 Å². The molecule has 0 atom stereocenters. The van der Waals surface area contributed by atoms with Crippen LogP contribution in [0, 0.1) is 0 Å². The zero-order valence-electron chi connectivity index (χ0n) is 14.2. The van der Waals surface area contributed by atoms with Crippen LogP contribution in [0.1, 0.15) is 20.7 Å². The molecule has 0 saturated carbocycles. The molecule has 0 radical (unpaired) electrons. The van der Waals surface area contributed by atoms with Crippen molar-refractivity contribution in [2.24, 2.45) is 0 Å². The highest BCUT2D eigenvalue weighted by Gasteiger charge is 2.11. The van der Waals surface area contributed by atoms with E-state index in [9.17, 15) is 9.59 Å². The van der Waals surface area contributed by atoms with Crippen molar-refractivity contribution in [1.82, 2.24) is 4.98 Å². The molecule has 4 aromatic rings. The molecule has 27 heavy (non-hydrogen) atoms. The summed E-state index contributed by atoms with van der Waals surface area (Å²) in [6.07, 6.45) is 0. The SMILES string of the molecule is O=C(Nc1ccc2nc(NC(=O)c3ccccc3)sc2c1)c1ccccc1. The Labute approximate surface area is 159 Å². The zero-order chi connectivity index (χ0) is 18.6. The first-order valence-corrected chi connectivity index (χ1v) is 9.14. The van der Waals surface area contributed by atoms with Crippen LogP contribution in [0.25, 0.3) is 10.2 Å². The summed E-state index contributed by atoms with van der Waals surface area (Å²) < 4.78 is 0.879.